The monoisotopic (exact) mass is 319 g/mol. The average Bonchev–Trinajstić information content (AvgIpc) is 3.09. The second-order valence-corrected chi connectivity index (χ2v) is 4.79. The number of aromatic nitrogens is 3. The summed E-state index contributed by atoms with van der Waals surface area (Å²) in [6.45, 7) is 0. The maximum absolute atomic E-state index is 12.4. The van der Waals surface area contributed by atoms with Gasteiger partial charge in [-0.2, -0.15) is 5.26 Å². The Kier molecular flexibility index (Phi) is 3.82. The van der Waals surface area contributed by atoms with Crippen molar-refractivity contribution in [2.45, 2.75) is 0 Å². The minimum absolute atomic E-state index is 0.0831. The van der Waals surface area contributed by atoms with Crippen LogP contribution in [0.5, 0.6) is 0 Å². The van der Waals surface area contributed by atoms with Crippen LogP contribution < -0.4 is 0 Å². The van der Waals surface area contributed by atoms with E-state index in [1.165, 1.54) is 29.1 Å². The molecule has 0 fully saturated rings. The molecule has 0 bridgehead atoms. The fourth-order valence-electron chi connectivity index (χ4n) is 2.26. The van der Waals surface area contributed by atoms with Gasteiger partial charge in [-0.25, -0.2) is 0 Å². The van der Waals surface area contributed by atoms with Gasteiger partial charge in [0.05, 0.1) is 4.92 Å². The largest absolute Gasteiger partial charge is 0.294 e. The smallest absolute Gasteiger partial charge is 0.289 e. The third-order valence-electron chi connectivity index (χ3n) is 3.38. The van der Waals surface area contributed by atoms with Crippen LogP contribution >= 0.6 is 0 Å². The molecule has 0 N–H and O–H groups in total. The predicted molar refractivity (Wildman–Crippen MR) is 82.6 cm³/mol. The lowest BCUT2D eigenvalue weighted by Crippen LogP contribution is -2.06. The zero-order valence-electron chi connectivity index (χ0n) is 12.2. The Labute approximate surface area is 135 Å². The molecule has 0 saturated heterocycles. The van der Waals surface area contributed by atoms with Crippen LogP contribution in [0, 0.1) is 21.4 Å². The van der Waals surface area contributed by atoms with E-state index in [0.717, 1.165) is 0 Å². The minimum Gasteiger partial charge on any atom is -0.289 e. The van der Waals surface area contributed by atoms with Gasteiger partial charge in [-0.15, -0.1) is 10.2 Å². The Morgan fingerprint density at radius 3 is 2.58 bits per heavy atom. The van der Waals surface area contributed by atoms with E-state index >= 15 is 0 Å². The summed E-state index contributed by atoms with van der Waals surface area (Å²) in [5, 5.41) is 27.5. The molecule has 0 aliphatic rings. The lowest BCUT2D eigenvalue weighted by atomic mass is 10.0. The maximum Gasteiger partial charge on any atom is 0.294 e. The van der Waals surface area contributed by atoms with E-state index in [-0.39, 0.29) is 28.5 Å². The van der Waals surface area contributed by atoms with Gasteiger partial charge in [0, 0.05) is 17.2 Å². The van der Waals surface area contributed by atoms with Crippen molar-refractivity contribution in [1.29, 1.82) is 5.26 Å². The van der Waals surface area contributed by atoms with Gasteiger partial charge in [0.2, 0.25) is 5.82 Å². The highest BCUT2D eigenvalue weighted by Gasteiger charge is 2.21. The van der Waals surface area contributed by atoms with Crippen LogP contribution in [0.15, 0.2) is 54.9 Å². The van der Waals surface area contributed by atoms with Crippen LogP contribution in [-0.4, -0.2) is 25.5 Å². The van der Waals surface area contributed by atoms with Crippen molar-refractivity contribution in [2.24, 2.45) is 0 Å². The molecule has 0 aliphatic heterocycles. The number of hydrogen-bond acceptors (Lipinski definition) is 6. The number of ketones is 1. The number of carbonyl (C=O) groups is 1. The Bertz CT molecular complexity index is 973. The van der Waals surface area contributed by atoms with E-state index < -0.39 is 4.92 Å². The first-order valence-corrected chi connectivity index (χ1v) is 6.80. The van der Waals surface area contributed by atoms with Crippen LogP contribution in [0.1, 0.15) is 21.7 Å². The van der Waals surface area contributed by atoms with Gasteiger partial charge in [-0.1, -0.05) is 30.3 Å². The molecule has 3 rings (SSSR count). The van der Waals surface area contributed by atoms with Gasteiger partial charge in [0.15, 0.2) is 5.78 Å². The molecule has 0 atom stereocenters. The Balaban J connectivity index is 2.11. The van der Waals surface area contributed by atoms with Crippen LogP contribution in [-0.2, 0) is 0 Å². The van der Waals surface area contributed by atoms with Crippen molar-refractivity contribution in [1.82, 2.24) is 14.8 Å². The Morgan fingerprint density at radius 1 is 1.17 bits per heavy atom. The molecular formula is C16H9N5O3. The second kappa shape index (κ2) is 6.10. The summed E-state index contributed by atoms with van der Waals surface area (Å²) in [4.78, 5) is 23.2. The molecular weight excluding hydrogens is 310 g/mol. The highest BCUT2D eigenvalue weighted by atomic mass is 16.6. The van der Waals surface area contributed by atoms with Gasteiger partial charge in [-0.05, 0) is 12.1 Å². The number of nitriles is 1. The van der Waals surface area contributed by atoms with E-state index in [0.29, 0.717) is 5.56 Å². The maximum atomic E-state index is 12.4. The van der Waals surface area contributed by atoms with E-state index in [1.54, 1.807) is 36.4 Å². The number of carbonyl (C=O) groups excluding carboxylic acids is 1. The zero-order valence-corrected chi connectivity index (χ0v) is 12.2. The second-order valence-electron chi connectivity index (χ2n) is 4.79. The minimum atomic E-state index is -0.613. The molecule has 3 aromatic rings. The van der Waals surface area contributed by atoms with Gasteiger partial charge in [-0.3, -0.25) is 19.5 Å². The van der Waals surface area contributed by atoms with Gasteiger partial charge < -0.3 is 0 Å². The Hall–Kier alpha value is -3.86. The number of nitro benzene ring substituents is 1. The van der Waals surface area contributed by atoms with Crippen LogP contribution in [0.4, 0.5) is 5.69 Å². The SMILES string of the molecule is N#Cc1nncn1-c1ccc(C(=O)c2ccccc2)cc1[N+](=O)[O-]. The molecule has 0 radical (unpaired) electrons. The summed E-state index contributed by atoms with van der Waals surface area (Å²) in [5.74, 6) is -0.408. The first-order valence-electron chi connectivity index (χ1n) is 6.80. The summed E-state index contributed by atoms with van der Waals surface area (Å²) in [5.41, 5.74) is 0.420. The summed E-state index contributed by atoms with van der Waals surface area (Å²) in [6.07, 6.45) is 1.21. The van der Waals surface area contributed by atoms with Crippen molar-refractivity contribution >= 4 is 11.5 Å². The molecule has 0 aliphatic carbocycles. The molecule has 0 unspecified atom stereocenters. The molecule has 116 valence electrons. The van der Waals surface area contributed by atoms with Gasteiger partial charge >= 0.3 is 0 Å². The van der Waals surface area contributed by atoms with E-state index in [4.69, 9.17) is 5.26 Å². The van der Waals surface area contributed by atoms with Gasteiger partial charge in [0.25, 0.3) is 5.69 Å². The van der Waals surface area contributed by atoms with E-state index in [2.05, 4.69) is 10.2 Å². The quantitative estimate of drug-likeness (QED) is 0.414. The average molecular weight is 319 g/mol. The molecule has 2 aromatic carbocycles. The van der Waals surface area contributed by atoms with Crippen molar-refractivity contribution in [3.8, 4) is 11.8 Å². The first kappa shape index (κ1) is 15.1. The highest BCUT2D eigenvalue weighted by molar-refractivity contribution is 6.09. The molecule has 8 heteroatoms. The first-order chi connectivity index (χ1) is 11.6. The van der Waals surface area contributed by atoms with Crippen molar-refractivity contribution < 1.29 is 9.72 Å². The molecule has 1 aromatic heterocycles. The standard InChI is InChI=1S/C16H9N5O3/c17-9-15-19-18-10-20(15)13-7-6-12(8-14(13)21(23)24)16(22)11-4-2-1-3-5-11/h1-8,10H. The lowest BCUT2D eigenvalue weighted by Gasteiger charge is -2.06. The number of hydrogen-bond donors (Lipinski definition) is 0. The van der Waals surface area contributed by atoms with Gasteiger partial charge in [0.1, 0.15) is 18.1 Å². The number of nitrogens with zero attached hydrogens (tertiary/aromatic N) is 5. The predicted octanol–water partition coefficient (Wildman–Crippen LogP) is 2.28. The third kappa shape index (κ3) is 2.62. The van der Waals surface area contributed by atoms with Crippen LogP contribution in [0.25, 0.3) is 5.69 Å². The number of benzene rings is 2. The highest BCUT2D eigenvalue weighted by Crippen LogP contribution is 2.26. The summed E-state index contributed by atoms with van der Waals surface area (Å²) < 4.78 is 1.20. The van der Waals surface area contributed by atoms with Crippen LogP contribution in [0.2, 0.25) is 0 Å². The fourth-order valence-corrected chi connectivity index (χ4v) is 2.26. The molecule has 24 heavy (non-hydrogen) atoms. The topological polar surface area (TPSA) is 115 Å². The van der Waals surface area contributed by atoms with Crippen LogP contribution in [0.3, 0.4) is 0 Å². The fraction of sp³-hybridized carbons (Fsp3) is 0. The number of nitro groups is 1. The molecule has 8 nitrogen and oxygen atoms in total. The lowest BCUT2D eigenvalue weighted by molar-refractivity contribution is -0.384. The van der Waals surface area contributed by atoms with E-state index in [1.807, 2.05) is 0 Å². The Morgan fingerprint density at radius 2 is 1.92 bits per heavy atom. The van der Waals surface area contributed by atoms with Crippen molar-refractivity contribution in [2.75, 3.05) is 0 Å². The summed E-state index contributed by atoms with van der Waals surface area (Å²) in [7, 11) is 0. The zero-order chi connectivity index (χ0) is 17.1. The van der Waals surface area contributed by atoms with Crippen molar-refractivity contribution in [3.05, 3.63) is 81.9 Å². The molecule has 0 amide bonds. The van der Waals surface area contributed by atoms with Crippen molar-refractivity contribution in [3.63, 3.8) is 0 Å². The molecule has 0 saturated carbocycles. The molecule has 0 spiro atoms. The van der Waals surface area contributed by atoms with E-state index in [9.17, 15) is 14.9 Å². The number of rotatable bonds is 4. The summed E-state index contributed by atoms with van der Waals surface area (Å²) >= 11 is 0. The normalized spacial score (nSPS) is 10.1. The molecule has 1 heterocycles. The summed E-state index contributed by atoms with van der Waals surface area (Å²) in [6, 6.07) is 14.3. The third-order valence-corrected chi connectivity index (χ3v) is 3.38.